The van der Waals surface area contributed by atoms with Gasteiger partial charge in [-0.25, -0.2) is 0 Å². The van der Waals surface area contributed by atoms with Gasteiger partial charge in [-0.3, -0.25) is 9.59 Å². The lowest BCUT2D eigenvalue weighted by atomic mass is 9.96. The van der Waals surface area contributed by atoms with E-state index in [4.69, 9.17) is 5.73 Å². The molecule has 0 aliphatic carbocycles. The fourth-order valence-corrected chi connectivity index (χ4v) is 2.70. The molecule has 0 radical (unpaired) electrons. The van der Waals surface area contributed by atoms with E-state index in [2.05, 4.69) is 5.32 Å². The number of piperidine rings is 1. The topological polar surface area (TPSA) is 75.4 Å². The Bertz CT molecular complexity index is 587. The first-order chi connectivity index (χ1) is 11.3. The molecule has 1 atom stereocenters. The summed E-state index contributed by atoms with van der Waals surface area (Å²) < 4.78 is 37.7. The number of alkyl halides is 3. The van der Waals surface area contributed by atoms with Crippen molar-refractivity contribution in [3.05, 3.63) is 35.4 Å². The van der Waals surface area contributed by atoms with Crippen LogP contribution in [0.25, 0.3) is 0 Å². The molecule has 132 valence electrons. The van der Waals surface area contributed by atoms with Crippen molar-refractivity contribution in [2.24, 2.45) is 11.7 Å². The minimum atomic E-state index is -4.43. The molecule has 0 saturated carbocycles. The number of amides is 2. The number of carbonyl (C=O) groups excluding carboxylic acids is 2. The largest absolute Gasteiger partial charge is 0.416 e. The second-order valence-electron chi connectivity index (χ2n) is 5.75. The van der Waals surface area contributed by atoms with E-state index in [0.717, 1.165) is 12.1 Å². The smallest absolute Gasteiger partial charge is 0.355 e. The summed E-state index contributed by atoms with van der Waals surface area (Å²) in [4.78, 5) is 25.9. The highest BCUT2D eigenvalue weighted by atomic mass is 19.4. The highest BCUT2D eigenvalue weighted by molar-refractivity contribution is 5.94. The third kappa shape index (κ3) is 4.47. The second kappa shape index (κ2) is 7.65. The van der Waals surface area contributed by atoms with Crippen molar-refractivity contribution in [1.82, 2.24) is 10.2 Å². The minimum absolute atomic E-state index is 0.148. The van der Waals surface area contributed by atoms with Crippen molar-refractivity contribution in [2.45, 2.75) is 19.0 Å². The molecule has 1 heterocycles. The Balaban J connectivity index is 2.02. The van der Waals surface area contributed by atoms with Crippen molar-refractivity contribution in [2.75, 3.05) is 26.2 Å². The number of nitrogens with zero attached hydrogens (tertiary/aromatic N) is 1. The highest BCUT2D eigenvalue weighted by Crippen LogP contribution is 2.29. The maximum atomic E-state index is 12.6. The van der Waals surface area contributed by atoms with Crippen LogP contribution in [0.5, 0.6) is 0 Å². The Morgan fingerprint density at radius 1 is 1.25 bits per heavy atom. The molecule has 1 aromatic rings. The quantitative estimate of drug-likeness (QED) is 0.873. The van der Waals surface area contributed by atoms with Crippen LogP contribution in [0.2, 0.25) is 0 Å². The summed E-state index contributed by atoms with van der Waals surface area (Å²) in [6.45, 7) is 1.46. The Morgan fingerprint density at radius 2 is 1.92 bits per heavy atom. The minimum Gasteiger partial charge on any atom is -0.355 e. The molecule has 1 unspecified atom stereocenters. The van der Waals surface area contributed by atoms with Crippen LogP contribution in [0, 0.1) is 5.92 Å². The molecule has 24 heavy (non-hydrogen) atoms. The van der Waals surface area contributed by atoms with Crippen molar-refractivity contribution >= 4 is 11.8 Å². The van der Waals surface area contributed by atoms with Crippen molar-refractivity contribution < 1.29 is 22.8 Å². The second-order valence-corrected chi connectivity index (χ2v) is 5.75. The number of hydrogen-bond donors (Lipinski definition) is 2. The Labute approximate surface area is 138 Å². The molecule has 0 bridgehead atoms. The number of benzene rings is 1. The van der Waals surface area contributed by atoms with Crippen LogP contribution in [-0.4, -0.2) is 42.9 Å². The van der Waals surface area contributed by atoms with E-state index in [1.807, 2.05) is 0 Å². The summed E-state index contributed by atoms with van der Waals surface area (Å²) in [5.41, 5.74) is 4.73. The van der Waals surface area contributed by atoms with Gasteiger partial charge in [0.05, 0.1) is 11.5 Å². The summed E-state index contributed by atoms with van der Waals surface area (Å²) in [6, 6.07) is 4.12. The van der Waals surface area contributed by atoms with Crippen molar-refractivity contribution in [3.63, 3.8) is 0 Å². The van der Waals surface area contributed by atoms with Gasteiger partial charge in [0.2, 0.25) is 5.91 Å². The predicted octanol–water partition coefficient (Wildman–Crippen LogP) is 1.63. The molecule has 1 aromatic carbocycles. The standard InChI is InChI=1S/C16H20F3N3O2/c17-16(18,19)13-5-3-11(4-6-13)15(24)22-9-1-2-12(10-22)14(23)21-8-7-20/h3-6,12H,1-2,7-10,20H2,(H,21,23). The third-order valence-corrected chi connectivity index (χ3v) is 3.98. The fourth-order valence-electron chi connectivity index (χ4n) is 2.70. The van der Waals surface area contributed by atoms with E-state index in [0.29, 0.717) is 32.5 Å². The van der Waals surface area contributed by atoms with Crippen LogP contribution in [0.15, 0.2) is 24.3 Å². The summed E-state index contributed by atoms with van der Waals surface area (Å²) in [5, 5.41) is 2.70. The average molecular weight is 343 g/mol. The van der Waals surface area contributed by atoms with E-state index >= 15 is 0 Å². The molecule has 5 nitrogen and oxygen atoms in total. The zero-order valence-electron chi connectivity index (χ0n) is 13.1. The number of nitrogens with one attached hydrogen (secondary N) is 1. The van der Waals surface area contributed by atoms with Gasteiger partial charge in [-0.2, -0.15) is 13.2 Å². The van der Waals surface area contributed by atoms with Gasteiger partial charge in [0.25, 0.3) is 5.91 Å². The Morgan fingerprint density at radius 3 is 2.50 bits per heavy atom. The van der Waals surface area contributed by atoms with Gasteiger partial charge in [-0.15, -0.1) is 0 Å². The molecule has 2 rings (SSSR count). The first kappa shape index (κ1) is 18.3. The lowest BCUT2D eigenvalue weighted by molar-refractivity contribution is -0.137. The number of halogens is 3. The Hall–Kier alpha value is -2.09. The van der Waals surface area contributed by atoms with Crippen LogP contribution < -0.4 is 11.1 Å². The van der Waals surface area contributed by atoms with Crippen LogP contribution in [-0.2, 0) is 11.0 Å². The van der Waals surface area contributed by atoms with Gasteiger partial charge < -0.3 is 16.0 Å². The summed E-state index contributed by atoms with van der Waals surface area (Å²) >= 11 is 0. The SMILES string of the molecule is NCCNC(=O)C1CCCN(C(=O)c2ccc(C(F)(F)F)cc2)C1. The van der Waals surface area contributed by atoms with Crippen LogP contribution in [0.3, 0.4) is 0 Å². The molecular weight excluding hydrogens is 323 g/mol. The predicted molar refractivity (Wildman–Crippen MR) is 82.1 cm³/mol. The molecule has 2 amide bonds. The lowest BCUT2D eigenvalue weighted by Crippen LogP contribution is -2.46. The summed E-state index contributed by atoms with van der Waals surface area (Å²) in [5.74, 6) is -0.825. The number of nitrogens with two attached hydrogens (primary N) is 1. The normalized spacial score (nSPS) is 18.3. The van der Waals surface area contributed by atoms with E-state index in [9.17, 15) is 22.8 Å². The molecule has 1 aliphatic heterocycles. The zero-order valence-corrected chi connectivity index (χ0v) is 13.1. The number of rotatable bonds is 4. The molecule has 1 aliphatic rings. The van der Waals surface area contributed by atoms with Gasteiger partial charge in [-0.05, 0) is 37.1 Å². The molecule has 1 saturated heterocycles. The number of hydrogen-bond acceptors (Lipinski definition) is 3. The van der Waals surface area contributed by atoms with Gasteiger partial charge in [-0.1, -0.05) is 0 Å². The van der Waals surface area contributed by atoms with Gasteiger partial charge in [0, 0.05) is 31.7 Å². The third-order valence-electron chi connectivity index (χ3n) is 3.98. The summed E-state index contributed by atoms with van der Waals surface area (Å²) in [7, 11) is 0. The fraction of sp³-hybridized carbons (Fsp3) is 0.500. The van der Waals surface area contributed by atoms with Gasteiger partial charge in [0.15, 0.2) is 0 Å². The van der Waals surface area contributed by atoms with Crippen LogP contribution in [0.1, 0.15) is 28.8 Å². The van der Waals surface area contributed by atoms with E-state index in [-0.39, 0.29) is 29.8 Å². The molecular formula is C16H20F3N3O2. The van der Waals surface area contributed by atoms with Gasteiger partial charge in [0.1, 0.15) is 0 Å². The van der Waals surface area contributed by atoms with Gasteiger partial charge >= 0.3 is 6.18 Å². The first-order valence-corrected chi connectivity index (χ1v) is 7.77. The molecule has 0 aromatic heterocycles. The monoisotopic (exact) mass is 343 g/mol. The van der Waals surface area contributed by atoms with E-state index in [1.54, 1.807) is 0 Å². The maximum Gasteiger partial charge on any atom is 0.416 e. The lowest BCUT2D eigenvalue weighted by Gasteiger charge is -2.32. The zero-order chi connectivity index (χ0) is 17.7. The first-order valence-electron chi connectivity index (χ1n) is 7.77. The van der Waals surface area contributed by atoms with Crippen LogP contribution >= 0.6 is 0 Å². The van der Waals surface area contributed by atoms with Crippen molar-refractivity contribution in [1.29, 1.82) is 0 Å². The Kier molecular flexibility index (Phi) is 5.82. The highest BCUT2D eigenvalue weighted by Gasteiger charge is 2.31. The molecule has 0 spiro atoms. The van der Waals surface area contributed by atoms with E-state index in [1.165, 1.54) is 17.0 Å². The average Bonchev–Trinajstić information content (AvgIpc) is 2.58. The maximum absolute atomic E-state index is 12.6. The number of likely N-dealkylation sites (tertiary alicyclic amines) is 1. The molecule has 1 fully saturated rings. The van der Waals surface area contributed by atoms with E-state index < -0.39 is 11.7 Å². The van der Waals surface area contributed by atoms with Crippen molar-refractivity contribution in [3.8, 4) is 0 Å². The summed E-state index contributed by atoms with van der Waals surface area (Å²) in [6.07, 6.45) is -3.08. The molecule has 8 heteroatoms. The van der Waals surface area contributed by atoms with Crippen LogP contribution in [0.4, 0.5) is 13.2 Å². The molecule has 3 N–H and O–H groups in total. The number of carbonyl (C=O) groups is 2.